The van der Waals surface area contributed by atoms with Crippen molar-refractivity contribution in [3.05, 3.63) is 206 Å². The summed E-state index contributed by atoms with van der Waals surface area (Å²) in [7, 11) is -6.69. The van der Waals surface area contributed by atoms with Gasteiger partial charge >= 0.3 is 0 Å². The zero-order chi connectivity index (χ0) is 42.6. The van der Waals surface area contributed by atoms with Gasteiger partial charge in [-0.25, -0.2) is 0 Å². The maximum absolute atomic E-state index is 15.8. The molecular formula is C54H34N2O4P2S2. The minimum absolute atomic E-state index is 0.596. The Labute approximate surface area is 375 Å². The molecule has 2 unspecified atom stereocenters. The van der Waals surface area contributed by atoms with Crippen LogP contribution in [0.15, 0.2) is 206 Å². The number of fused-ring (bicyclic) bond motifs is 8. The van der Waals surface area contributed by atoms with Gasteiger partial charge in [0.15, 0.2) is 14.3 Å². The van der Waals surface area contributed by atoms with Crippen LogP contribution in [0.4, 0.5) is 0 Å². The van der Waals surface area contributed by atoms with Gasteiger partial charge in [-0.05, 0) is 97.1 Å². The molecule has 0 radical (unpaired) electrons. The Hall–Kier alpha value is -6.92. The topological polar surface area (TPSA) is 62.5 Å². The first-order valence-electron chi connectivity index (χ1n) is 20.9. The lowest BCUT2D eigenvalue weighted by atomic mass is 10.2. The van der Waals surface area contributed by atoms with Gasteiger partial charge in [0.05, 0.1) is 62.1 Å². The van der Waals surface area contributed by atoms with Crippen LogP contribution < -0.4 is 41.3 Å². The highest BCUT2D eigenvalue weighted by atomic mass is 32.1. The van der Waals surface area contributed by atoms with Crippen LogP contribution in [0.3, 0.4) is 0 Å². The van der Waals surface area contributed by atoms with Crippen molar-refractivity contribution in [3.63, 3.8) is 0 Å². The molecule has 2 aromatic heterocycles. The normalized spacial score (nSPS) is 17.2. The molecule has 0 aliphatic carbocycles. The number of nitrogens with zero attached hydrogens (tertiary/aromatic N) is 2. The lowest BCUT2D eigenvalue weighted by Gasteiger charge is -2.30. The quantitative estimate of drug-likeness (QED) is 0.130. The summed E-state index contributed by atoms with van der Waals surface area (Å²) in [6, 6.07) is 68.7. The van der Waals surface area contributed by atoms with E-state index in [1.807, 2.05) is 121 Å². The van der Waals surface area contributed by atoms with Crippen molar-refractivity contribution in [1.82, 2.24) is 9.13 Å². The van der Waals surface area contributed by atoms with E-state index in [-0.39, 0.29) is 0 Å². The zero-order valence-electron chi connectivity index (χ0n) is 33.9. The standard InChI is InChI=1S/C54H34N2O4P2S2/c57-61(37-15-3-1-4-16-37)47-23-11-9-21-43(47)59-45-29-27-35(31-49(45)61)55-39-19-7-13-25-51(39)63-53-34-42-54(33-41(53)55)64-52-26-14-8-20-40(52)56(42)36-28-30-46-50(32-36)62(58,38-17-5-2-6-18-38)48-24-12-10-22-44(48)60-46/h1-34H. The molecule has 0 bridgehead atoms. The van der Waals surface area contributed by atoms with Crippen LogP contribution in [-0.2, 0) is 9.13 Å². The first-order valence-corrected chi connectivity index (χ1v) is 26.0. The number of hydrogen-bond acceptors (Lipinski definition) is 6. The summed E-state index contributed by atoms with van der Waals surface area (Å²) in [5.74, 6) is 2.43. The van der Waals surface area contributed by atoms with Gasteiger partial charge in [-0.2, -0.15) is 0 Å². The minimum Gasteiger partial charge on any atom is -0.456 e. The van der Waals surface area contributed by atoms with Crippen molar-refractivity contribution in [1.29, 1.82) is 0 Å². The third-order valence-electron chi connectivity index (χ3n) is 12.3. The first-order chi connectivity index (χ1) is 31.5. The Bertz CT molecular complexity index is 3630. The van der Waals surface area contributed by atoms with Crippen LogP contribution in [0.1, 0.15) is 0 Å². The van der Waals surface area contributed by atoms with E-state index < -0.39 is 14.3 Å². The van der Waals surface area contributed by atoms with Crippen LogP contribution in [0.5, 0.6) is 23.0 Å². The molecule has 0 saturated carbocycles. The van der Waals surface area contributed by atoms with Gasteiger partial charge in [-0.1, -0.05) is 109 Å². The number of para-hydroxylation sites is 4. The van der Waals surface area contributed by atoms with E-state index >= 15 is 9.13 Å². The third kappa shape index (κ3) is 5.50. The van der Waals surface area contributed by atoms with Gasteiger partial charge < -0.3 is 27.7 Å². The number of benzene rings is 9. The molecule has 13 rings (SSSR count). The molecule has 64 heavy (non-hydrogen) atoms. The van der Waals surface area contributed by atoms with Crippen molar-refractivity contribution in [2.24, 2.45) is 0 Å². The second-order valence-corrected chi connectivity index (χ2v) is 23.5. The summed E-state index contributed by atoms with van der Waals surface area (Å²) in [6.07, 6.45) is 0. The van der Waals surface area contributed by atoms with Gasteiger partial charge in [-0.15, -0.1) is 22.7 Å². The SMILES string of the molecule is O=P1(c2ccccc2)c2ccccc2Oc2ccc(-n3c4ccccc4sc4cc5c(cc43)sc3ccccc3n5-c3ccc4c(c3)P(=O)(c3ccccc3)c3ccccc3O4)cc21. The molecule has 2 aliphatic rings. The van der Waals surface area contributed by atoms with Gasteiger partial charge in [0.1, 0.15) is 23.0 Å². The zero-order valence-corrected chi connectivity index (χ0v) is 37.3. The molecule has 6 nitrogen and oxygen atoms in total. The lowest BCUT2D eigenvalue weighted by Crippen LogP contribution is -2.31. The van der Waals surface area contributed by atoms with E-state index in [2.05, 4.69) is 94.1 Å². The van der Waals surface area contributed by atoms with Gasteiger partial charge in [-0.3, -0.25) is 0 Å². The second kappa shape index (κ2) is 14.3. The fraction of sp³-hybridized carbons (Fsp3) is 0. The van der Waals surface area contributed by atoms with Gasteiger partial charge in [0.2, 0.25) is 0 Å². The summed E-state index contributed by atoms with van der Waals surface area (Å²) in [4.78, 5) is 0. The Balaban J connectivity index is 1.06. The third-order valence-corrected chi connectivity index (χ3v) is 20.8. The molecule has 9 aromatic carbocycles. The summed E-state index contributed by atoms with van der Waals surface area (Å²) >= 11 is 3.48. The molecule has 11 aromatic rings. The van der Waals surface area contributed by atoms with Crippen LogP contribution in [0.25, 0.3) is 52.2 Å². The smallest absolute Gasteiger partial charge is 0.178 e. The average molecular weight is 901 g/mol. The summed E-state index contributed by atoms with van der Waals surface area (Å²) in [5.41, 5.74) is 5.88. The molecule has 2 atom stereocenters. The number of aromatic nitrogens is 2. The highest BCUT2D eigenvalue weighted by Gasteiger charge is 2.41. The van der Waals surface area contributed by atoms with Gasteiger partial charge in [0, 0.05) is 22.0 Å². The van der Waals surface area contributed by atoms with E-state index in [0.29, 0.717) is 44.2 Å². The molecule has 0 fully saturated rings. The molecule has 2 aliphatic heterocycles. The fourth-order valence-electron chi connectivity index (χ4n) is 9.45. The van der Waals surface area contributed by atoms with Crippen LogP contribution >= 0.6 is 37.0 Å². The minimum atomic E-state index is -3.34. The predicted molar refractivity (Wildman–Crippen MR) is 267 cm³/mol. The average Bonchev–Trinajstić information content (AvgIpc) is 3.35. The maximum atomic E-state index is 15.8. The van der Waals surface area contributed by atoms with Crippen molar-refractivity contribution < 1.29 is 18.6 Å². The number of rotatable bonds is 4. The predicted octanol–water partition coefficient (Wildman–Crippen LogP) is 12.6. The highest BCUT2D eigenvalue weighted by Crippen LogP contribution is 2.53. The van der Waals surface area contributed by atoms with Crippen molar-refractivity contribution in [3.8, 4) is 34.4 Å². The Morgan fingerprint density at radius 1 is 0.328 bits per heavy atom. The molecule has 10 heteroatoms. The first kappa shape index (κ1) is 37.6. The number of hydrogen-bond donors (Lipinski definition) is 0. The van der Waals surface area contributed by atoms with Gasteiger partial charge in [0.25, 0.3) is 0 Å². The van der Waals surface area contributed by atoms with E-state index in [4.69, 9.17) is 9.47 Å². The molecule has 0 amide bonds. The molecule has 4 heterocycles. The van der Waals surface area contributed by atoms with E-state index in [0.717, 1.165) is 62.9 Å². The van der Waals surface area contributed by atoms with E-state index in [9.17, 15) is 0 Å². The molecule has 306 valence electrons. The van der Waals surface area contributed by atoms with Crippen molar-refractivity contribution in [2.75, 3.05) is 0 Å². The lowest BCUT2D eigenvalue weighted by molar-refractivity contribution is 0.485. The summed E-state index contributed by atoms with van der Waals surface area (Å²) in [5, 5.41) is 4.27. The monoisotopic (exact) mass is 900 g/mol. The maximum Gasteiger partial charge on any atom is 0.178 e. The highest BCUT2D eigenvalue weighted by molar-refractivity contribution is 7.86. The molecule has 0 saturated heterocycles. The Morgan fingerprint density at radius 3 is 1.16 bits per heavy atom. The fourth-order valence-corrected chi connectivity index (χ4v) is 17.4. The van der Waals surface area contributed by atoms with Crippen LogP contribution in [0.2, 0.25) is 0 Å². The van der Waals surface area contributed by atoms with E-state index in [1.165, 1.54) is 0 Å². The second-order valence-electron chi connectivity index (χ2n) is 15.9. The van der Waals surface area contributed by atoms with Crippen LogP contribution in [-0.4, -0.2) is 9.13 Å². The Kier molecular flexibility index (Phi) is 8.40. The molecule has 0 N–H and O–H groups in total. The van der Waals surface area contributed by atoms with Crippen molar-refractivity contribution in [2.45, 2.75) is 0 Å². The molecular weight excluding hydrogens is 867 g/mol. The summed E-state index contributed by atoms with van der Waals surface area (Å²) < 4.78 is 53.6. The largest absolute Gasteiger partial charge is 0.456 e. The Morgan fingerprint density at radius 2 is 0.703 bits per heavy atom. The van der Waals surface area contributed by atoms with Crippen molar-refractivity contribution >= 4 is 110 Å². The number of ether oxygens (including phenoxy) is 2. The van der Waals surface area contributed by atoms with Crippen LogP contribution in [0, 0.1) is 0 Å². The van der Waals surface area contributed by atoms with E-state index in [1.54, 1.807) is 22.7 Å². The molecule has 0 spiro atoms. The summed E-state index contributed by atoms with van der Waals surface area (Å²) in [6.45, 7) is 0.